The number of amides is 1. The van der Waals surface area contributed by atoms with Gasteiger partial charge in [0.15, 0.2) is 6.61 Å². The second kappa shape index (κ2) is 9.21. The van der Waals surface area contributed by atoms with Crippen molar-refractivity contribution in [2.24, 2.45) is 0 Å². The number of carbonyl (C=O) groups excluding carboxylic acids is 1. The third kappa shape index (κ3) is 4.91. The first-order chi connectivity index (χ1) is 14.5. The topological polar surface area (TPSA) is 114 Å². The van der Waals surface area contributed by atoms with Crippen LogP contribution in [0.4, 0.5) is 11.4 Å². The van der Waals surface area contributed by atoms with Crippen LogP contribution in [0.3, 0.4) is 0 Å². The molecule has 0 radical (unpaired) electrons. The Labute approximate surface area is 172 Å². The number of nitro benzene ring substituents is 1. The standard InChI is InChI=1S/C22H17N3O5/c1-29-21-12-18(25(27)28)8-11-20(21)24-22(26)14-30-19-9-6-17(7-10-19)16-4-2-15(13-23)3-5-16/h2-12H,14H2,1H3,(H,24,26). The summed E-state index contributed by atoms with van der Waals surface area (Å²) >= 11 is 0. The molecule has 150 valence electrons. The van der Waals surface area contributed by atoms with Crippen molar-refractivity contribution >= 4 is 17.3 Å². The van der Waals surface area contributed by atoms with Crippen molar-refractivity contribution in [2.75, 3.05) is 19.0 Å². The number of nitrogens with zero attached hydrogens (tertiary/aromatic N) is 2. The number of hydrogen-bond donors (Lipinski definition) is 1. The van der Waals surface area contributed by atoms with Gasteiger partial charge >= 0.3 is 0 Å². The molecule has 0 atom stereocenters. The number of hydrogen-bond acceptors (Lipinski definition) is 6. The van der Waals surface area contributed by atoms with Crippen LogP contribution in [0.15, 0.2) is 66.7 Å². The minimum Gasteiger partial charge on any atom is -0.494 e. The van der Waals surface area contributed by atoms with E-state index in [9.17, 15) is 14.9 Å². The lowest BCUT2D eigenvalue weighted by atomic mass is 10.0. The van der Waals surface area contributed by atoms with Gasteiger partial charge in [-0.25, -0.2) is 0 Å². The van der Waals surface area contributed by atoms with Crippen LogP contribution in [0.2, 0.25) is 0 Å². The van der Waals surface area contributed by atoms with Crippen molar-refractivity contribution in [2.45, 2.75) is 0 Å². The number of carbonyl (C=O) groups is 1. The number of non-ortho nitro benzene ring substituents is 1. The molecule has 0 unspecified atom stereocenters. The highest BCUT2D eigenvalue weighted by atomic mass is 16.6. The Balaban J connectivity index is 1.59. The van der Waals surface area contributed by atoms with Gasteiger partial charge < -0.3 is 14.8 Å². The molecule has 0 aliphatic carbocycles. The maximum Gasteiger partial charge on any atom is 0.273 e. The van der Waals surface area contributed by atoms with E-state index in [0.717, 1.165) is 11.1 Å². The van der Waals surface area contributed by atoms with E-state index in [0.29, 0.717) is 17.0 Å². The normalized spacial score (nSPS) is 10.0. The Morgan fingerprint density at radius 2 is 1.70 bits per heavy atom. The lowest BCUT2D eigenvalue weighted by Crippen LogP contribution is -2.20. The number of nitro groups is 1. The smallest absolute Gasteiger partial charge is 0.273 e. The zero-order valence-corrected chi connectivity index (χ0v) is 16.0. The number of benzene rings is 3. The number of rotatable bonds is 7. The number of nitrogens with one attached hydrogen (secondary N) is 1. The van der Waals surface area contributed by atoms with Crippen LogP contribution in [0.1, 0.15) is 5.56 Å². The van der Waals surface area contributed by atoms with Crippen LogP contribution in [-0.4, -0.2) is 24.5 Å². The van der Waals surface area contributed by atoms with Gasteiger partial charge in [0, 0.05) is 6.07 Å². The van der Waals surface area contributed by atoms with E-state index < -0.39 is 10.8 Å². The van der Waals surface area contributed by atoms with E-state index in [2.05, 4.69) is 11.4 Å². The highest BCUT2D eigenvalue weighted by molar-refractivity contribution is 5.93. The average Bonchev–Trinajstić information content (AvgIpc) is 2.78. The summed E-state index contributed by atoms with van der Waals surface area (Å²) in [5.74, 6) is 0.265. The van der Waals surface area contributed by atoms with Crippen LogP contribution < -0.4 is 14.8 Å². The van der Waals surface area contributed by atoms with E-state index in [4.69, 9.17) is 14.7 Å². The van der Waals surface area contributed by atoms with E-state index in [1.807, 2.05) is 24.3 Å². The maximum absolute atomic E-state index is 12.2. The molecule has 0 fully saturated rings. The van der Waals surface area contributed by atoms with Gasteiger partial charge in [0.2, 0.25) is 0 Å². The predicted octanol–water partition coefficient (Wildman–Crippen LogP) is 4.16. The number of methoxy groups -OCH3 is 1. The van der Waals surface area contributed by atoms with Crippen LogP contribution in [-0.2, 0) is 4.79 Å². The third-order valence-corrected chi connectivity index (χ3v) is 4.24. The lowest BCUT2D eigenvalue weighted by molar-refractivity contribution is -0.384. The molecule has 0 aliphatic rings. The summed E-state index contributed by atoms with van der Waals surface area (Å²) in [6.07, 6.45) is 0. The first-order valence-corrected chi connectivity index (χ1v) is 8.86. The molecule has 0 saturated heterocycles. The molecule has 0 aromatic heterocycles. The van der Waals surface area contributed by atoms with Crippen LogP contribution in [0.5, 0.6) is 11.5 Å². The second-order valence-electron chi connectivity index (χ2n) is 6.19. The molecule has 0 saturated carbocycles. The Hall–Kier alpha value is -4.38. The summed E-state index contributed by atoms with van der Waals surface area (Å²) in [7, 11) is 1.36. The van der Waals surface area contributed by atoms with Crippen molar-refractivity contribution in [3.05, 3.63) is 82.4 Å². The van der Waals surface area contributed by atoms with E-state index in [-0.39, 0.29) is 18.0 Å². The van der Waals surface area contributed by atoms with Crippen LogP contribution >= 0.6 is 0 Å². The van der Waals surface area contributed by atoms with Gasteiger partial charge in [-0.1, -0.05) is 24.3 Å². The molecule has 8 nitrogen and oxygen atoms in total. The van der Waals surface area contributed by atoms with Gasteiger partial charge in [-0.15, -0.1) is 0 Å². The van der Waals surface area contributed by atoms with Crippen molar-refractivity contribution in [3.8, 4) is 28.7 Å². The predicted molar refractivity (Wildman–Crippen MR) is 110 cm³/mol. The minimum atomic E-state index is -0.543. The SMILES string of the molecule is COc1cc([N+](=O)[O-])ccc1NC(=O)COc1ccc(-c2ccc(C#N)cc2)cc1. The second-order valence-corrected chi connectivity index (χ2v) is 6.19. The van der Waals surface area contributed by atoms with E-state index in [1.165, 1.54) is 25.3 Å². The highest BCUT2D eigenvalue weighted by Crippen LogP contribution is 2.29. The first-order valence-electron chi connectivity index (χ1n) is 8.86. The molecule has 1 N–H and O–H groups in total. The Morgan fingerprint density at radius 3 is 2.27 bits per heavy atom. The van der Waals surface area contributed by atoms with Gasteiger partial charge in [0.25, 0.3) is 11.6 Å². The van der Waals surface area contributed by atoms with Crippen LogP contribution in [0, 0.1) is 21.4 Å². The van der Waals surface area contributed by atoms with Crippen molar-refractivity contribution < 1.29 is 19.2 Å². The maximum atomic E-state index is 12.2. The first kappa shape index (κ1) is 20.4. The fourth-order valence-corrected chi connectivity index (χ4v) is 2.71. The summed E-state index contributed by atoms with van der Waals surface area (Å²) in [6.45, 7) is -0.240. The zero-order chi connectivity index (χ0) is 21.5. The van der Waals surface area contributed by atoms with Gasteiger partial charge in [-0.05, 0) is 41.5 Å². The van der Waals surface area contributed by atoms with Gasteiger partial charge in [-0.3, -0.25) is 14.9 Å². The van der Waals surface area contributed by atoms with Crippen molar-refractivity contribution in [1.82, 2.24) is 0 Å². The molecule has 0 bridgehead atoms. The largest absolute Gasteiger partial charge is 0.494 e. The summed E-state index contributed by atoms with van der Waals surface area (Å²) in [5.41, 5.74) is 2.68. The Kier molecular flexibility index (Phi) is 6.25. The van der Waals surface area contributed by atoms with Gasteiger partial charge in [0.05, 0.1) is 35.4 Å². The zero-order valence-electron chi connectivity index (χ0n) is 16.0. The molecule has 3 aromatic rings. The van der Waals surface area contributed by atoms with Gasteiger partial charge in [-0.2, -0.15) is 5.26 Å². The quantitative estimate of drug-likeness (QED) is 0.468. The fraction of sp³-hybridized carbons (Fsp3) is 0.0909. The number of ether oxygens (including phenoxy) is 2. The molecule has 3 rings (SSSR count). The number of nitriles is 1. The monoisotopic (exact) mass is 403 g/mol. The third-order valence-electron chi connectivity index (χ3n) is 4.24. The lowest BCUT2D eigenvalue weighted by Gasteiger charge is -2.11. The summed E-state index contributed by atoms with van der Waals surface area (Å²) in [6, 6.07) is 20.4. The van der Waals surface area contributed by atoms with E-state index >= 15 is 0 Å². The molecular weight excluding hydrogens is 386 g/mol. The summed E-state index contributed by atoms with van der Waals surface area (Å²) in [5, 5.41) is 22.3. The molecule has 30 heavy (non-hydrogen) atoms. The Bertz CT molecular complexity index is 1100. The molecule has 0 heterocycles. The van der Waals surface area contributed by atoms with E-state index in [1.54, 1.807) is 24.3 Å². The minimum absolute atomic E-state index is 0.136. The molecule has 1 amide bonds. The number of anilines is 1. The average molecular weight is 403 g/mol. The fourth-order valence-electron chi connectivity index (χ4n) is 2.71. The van der Waals surface area contributed by atoms with Crippen LogP contribution in [0.25, 0.3) is 11.1 Å². The highest BCUT2D eigenvalue weighted by Gasteiger charge is 2.13. The van der Waals surface area contributed by atoms with Crippen molar-refractivity contribution in [1.29, 1.82) is 5.26 Å². The molecule has 8 heteroatoms. The molecule has 0 aliphatic heterocycles. The molecular formula is C22H17N3O5. The molecule has 0 spiro atoms. The Morgan fingerprint density at radius 1 is 1.07 bits per heavy atom. The summed E-state index contributed by atoms with van der Waals surface area (Å²) in [4.78, 5) is 22.5. The van der Waals surface area contributed by atoms with Crippen molar-refractivity contribution in [3.63, 3.8) is 0 Å². The summed E-state index contributed by atoms with van der Waals surface area (Å²) < 4.78 is 10.6. The van der Waals surface area contributed by atoms with Gasteiger partial charge in [0.1, 0.15) is 11.5 Å². The molecule has 3 aromatic carbocycles.